The van der Waals surface area contributed by atoms with Crippen molar-refractivity contribution in [3.8, 4) is 0 Å². The maximum atomic E-state index is 14.5. The summed E-state index contributed by atoms with van der Waals surface area (Å²) in [5.74, 6) is -0.458. The normalized spacial score (nSPS) is 23.0. The van der Waals surface area contributed by atoms with Crippen LogP contribution in [0.25, 0.3) is 0 Å². The zero-order valence-corrected chi connectivity index (χ0v) is 28.4. The fourth-order valence-electron chi connectivity index (χ4n) is 7.89. The molecule has 1 aliphatic carbocycles. The van der Waals surface area contributed by atoms with Gasteiger partial charge in [0.2, 0.25) is 11.8 Å². The van der Waals surface area contributed by atoms with Crippen LogP contribution in [0.2, 0.25) is 0 Å². The number of benzene rings is 2. The third-order valence-electron chi connectivity index (χ3n) is 11.0. The summed E-state index contributed by atoms with van der Waals surface area (Å²) in [6.45, 7) is 9.88. The van der Waals surface area contributed by atoms with E-state index >= 15 is 0 Å². The Hall–Kier alpha value is -3.76. The van der Waals surface area contributed by atoms with Crippen LogP contribution >= 0.6 is 0 Å². The van der Waals surface area contributed by atoms with Gasteiger partial charge in [0.15, 0.2) is 0 Å². The van der Waals surface area contributed by atoms with Crippen LogP contribution in [-0.2, 0) is 29.0 Å². The molecule has 3 heterocycles. The molecular weight excluding hydrogens is 592 g/mol. The highest BCUT2D eigenvalue weighted by molar-refractivity contribution is 6.01. The van der Waals surface area contributed by atoms with Crippen molar-refractivity contribution in [3.05, 3.63) is 70.3 Å². The fourth-order valence-corrected chi connectivity index (χ4v) is 7.89. The number of hydrogen-bond donors (Lipinski definition) is 1. The van der Waals surface area contributed by atoms with Gasteiger partial charge in [0, 0.05) is 70.0 Å². The van der Waals surface area contributed by atoms with E-state index in [9.17, 15) is 19.2 Å². The molecule has 6 rings (SSSR count). The zero-order valence-electron chi connectivity index (χ0n) is 28.4. The number of likely N-dealkylation sites (N-methyl/N-ethyl adjacent to an activating group) is 2. The fraction of sp³-hybridized carbons (Fsp3) is 0.568. The number of carbonyl (C=O) groups excluding carboxylic acids is 4. The SMILES string of the molecule is CCC(CC)[C@@H]1C(=O)N[C@H](C2Cc3ccccc3C2)C(=O)N1Cc1ccc(C(=O)N2CCN(C)CC2)cc1C(=O)N1CCN(C)CC1. The lowest BCUT2D eigenvalue weighted by Crippen LogP contribution is -2.66. The Morgan fingerprint density at radius 1 is 0.787 bits per heavy atom. The van der Waals surface area contributed by atoms with E-state index in [1.807, 2.05) is 35.0 Å². The van der Waals surface area contributed by atoms with E-state index < -0.39 is 12.1 Å². The van der Waals surface area contributed by atoms with Crippen molar-refractivity contribution in [2.45, 2.75) is 58.2 Å². The van der Waals surface area contributed by atoms with Crippen LogP contribution in [0.1, 0.15) is 64.1 Å². The predicted octanol–water partition coefficient (Wildman–Crippen LogP) is 2.51. The lowest BCUT2D eigenvalue weighted by molar-refractivity contribution is -0.154. The molecule has 4 aliphatic rings. The Kier molecular flexibility index (Phi) is 9.98. The highest BCUT2D eigenvalue weighted by Crippen LogP contribution is 2.34. The predicted molar refractivity (Wildman–Crippen MR) is 181 cm³/mol. The van der Waals surface area contributed by atoms with E-state index in [4.69, 9.17) is 0 Å². The number of nitrogens with one attached hydrogen (secondary N) is 1. The van der Waals surface area contributed by atoms with Crippen molar-refractivity contribution < 1.29 is 19.2 Å². The van der Waals surface area contributed by atoms with Crippen LogP contribution in [0, 0.1) is 11.8 Å². The van der Waals surface area contributed by atoms with Crippen molar-refractivity contribution in [1.29, 1.82) is 0 Å². The number of fused-ring (bicyclic) bond motifs is 1. The van der Waals surface area contributed by atoms with Gasteiger partial charge in [-0.25, -0.2) is 0 Å². The molecule has 2 aromatic carbocycles. The molecule has 0 bridgehead atoms. The minimum Gasteiger partial charge on any atom is -0.342 e. The van der Waals surface area contributed by atoms with Gasteiger partial charge in [0.05, 0.1) is 0 Å². The minimum absolute atomic E-state index is 0.0180. The second-order valence-electron chi connectivity index (χ2n) is 14.0. The van der Waals surface area contributed by atoms with Crippen LogP contribution < -0.4 is 5.32 Å². The summed E-state index contributed by atoms with van der Waals surface area (Å²) in [5, 5.41) is 3.15. The lowest BCUT2D eigenvalue weighted by Gasteiger charge is -2.44. The van der Waals surface area contributed by atoms with Crippen molar-refractivity contribution in [2.75, 3.05) is 66.5 Å². The van der Waals surface area contributed by atoms with E-state index in [1.165, 1.54) is 11.1 Å². The molecule has 1 N–H and O–H groups in total. The monoisotopic (exact) mass is 642 g/mol. The molecule has 0 aromatic heterocycles. The molecule has 0 radical (unpaired) electrons. The number of nitrogens with zero attached hydrogens (tertiary/aromatic N) is 5. The first kappa shape index (κ1) is 33.2. The highest BCUT2D eigenvalue weighted by atomic mass is 16.2. The van der Waals surface area contributed by atoms with E-state index in [-0.39, 0.29) is 42.0 Å². The van der Waals surface area contributed by atoms with Crippen LogP contribution in [0.15, 0.2) is 42.5 Å². The van der Waals surface area contributed by atoms with Crippen LogP contribution in [0.5, 0.6) is 0 Å². The third kappa shape index (κ3) is 6.81. The lowest BCUT2D eigenvalue weighted by atomic mass is 9.85. The van der Waals surface area contributed by atoms with Gasteiger partial charge in [-0.05, 0) is 67.6 Å². The Morgan fingerprint density at radius 2 is 1.34 bits per heavy atom. The molecule has 252 valence electrons. The number of carbonyl (C=O) groups is 4. The van der Waals surface area contributed by atoms with Gasteiger partial charge >= 0.3 is 0 Å². The van der Waals surface area contributed by atoms with Crippen LogP contribution in [-0.4, -0.2) is 127 Å². The first-order chi connectivity index (χ1) is 22.7. The molecule has 2 aromatic rings. The maximum Gasteiger partial charge on any atom is 0.254 e. The molecule has 47 heavy (non-hydrogen) atoms. The second kappa shape index (κ2) is 14.2. The first-order valence-corrected chi connectivity index (χ1v) is 17.4. The molecule has 0 unspecified atom stereocenters. The van der Waals surface area contributed by atoms with Crippen LogP contribution in [0.4, 0.5) is 0 Å². The topological polar surface area (TPSA) is 96.5 Å². The molecule has 3 aliphatic heterocycles. The number of hydrogen-bond acceptors (Lipinski definition) is 6. The third-order valence-corrected chi connectivity index (χ3v) is 11.0. The second-order valence-corrected chi connectivity index (χ2v) is 14.0. The summed E-state index contributed by atoms with van der Waals surface area (Å²) in [6.07, 6.45) is 2.99. The highest BCUT2D eigenvalue weighted by Gasteiger charge is 2.47. The van der Waals surface area contributed by atoms with Crippen molar-refractivity contribution >= 4 is 23.6 Å². The van der Waals surface area contributed by atoms with Crippen molar-refractivity contribution in [2.24, 2.45) is 11.8 Å². The molecular formula is C37H50N6O4. The Labute approximate surface area is 279 Å². The first-order valence-electron chi connectivity index (χ1n) is 17.4. The largest absolute Gasteiger partial charge is 0.342 e. The number of piperazine rings is 3. The summed E-state index contributed by atoms with van der Waals surface area (Å²) in [6, 6.07) is 12.4. The molecule has 0 saturated carbocycles. The summed E-state index contributed by atoms with van der Waals surface area (Å²) >= 11 is 0. The zero-order chi connectivity index (χ0) is 33.2. The summed E-state index contributed by atoms with van der Waals surface area (Å²) in [5.41, 5.74) is 4.07. The Bertz CT molecular complexity index is 1470. The van der Waals surface area contributed by atoms with Gasteiger partial charge in [-0.1, -0.05) is 57.0 Å². The molecule has 10 heteroatoms. The standard InChI is InChI=1S/C37H50N6O4/c1-5-25(6-2)33-34(44)38-32(30-21-26-9-7-8-10-27(26)22-30)37(47)43(33)24-29-12-11-28(35(45)41-17-13-39(3)14-18-41)23-31(29)36(46)42-19-15-40(4)16-20-42/h7-12,23,25,30,32-33H,5-6,13-22,24H2,1-4H3,(H,38,44)/t32-,33-/m1/s1. The minimum atomic E-state index is -0.629. The average Bonchev–Trinajstić information content (AvgIpc) is 3.52. The Balaban J connectivity index is 1.34. The average molecular weight is 643 g/mol. The van der Waals surface area contributed by atoms with Crippen molar-refractivity contribution in [1.82, 2.24) is 29.8 Å². The molecule has 3 saturated heterocycles. The molecule has 0 spiro atoms. The van der Waals surface area contributed by atoms with Gasteiger partial charge in [-0.15, -0.1) is 0 Å². The quantitative estimate of drug-likeness (QED) is 0.476. The number of amides is 4. The van der Waals surface area contributed by atoms with E-state index in [0.29, 0.717) is 42.9 Å². The van der Waals surface area contributed by atoms with E-state index in [1.54, 1.807) is 17.0 Å². The maximum absolute atomic E-state index is 14.5. The van der Waals surface area contributed by atoms with Gasteiger partial charge in [-0.2, -0.15) is 0 Å². The van der Waals surface area contributed by atoms with Crippen LogP contribution in [0.3, 0.4) is 0 Å². The van der Waals surface area contributed by atoms with E-state index in [0.717, 1.165) is 51.9 Å². The summed E-state index contributed by atoms with van der Waals surface area (Å²) in [7, 11) is 4.10. The van der Waals surface area contributed by atoms with E-state index in [2.05, 4.69) is 48.1 Å². The number of rotatable bonds is 8. The molecule has 3 fully saturated rings. The molecule has 2 atom stereocenters. The Morgan fingerprint density at radius 3 is 1.89 bits per heavy atom. The van der Waals surface area contributed by atoms with Gasteiger partial charge < -0.3 is 29.8 Å². The van der Waals surface area contributed by atoms with Gasteiger partial charge in [0.1, 0.15) is 12.1 Å². The molecule has 4 amide bonds. The summed E-state index contributed by atoms with van der Waals surface area (Å²) < 4.78 is 0. The van der Waals surface area contributed by atoms with Gasteiger partial charge in [-0.3, -0.25) is 19.2 Å². The van der Waals surface area contributed by atoms with Gasteiger partial charge in [0.25, 0.3) is 11.8 Å². The molecule has 10 nitrogen and oxygen atoms in total. The summed E-state index contributed by atoms with van der Waals surface area (Å²) in [4.78, 5) is 66.2. The van der Waals surface area contributed by atoms with Crippen molar-refractivity contribution in [3.63, 3.8) is 0 Å². The smallest absolute Gasteiger partial charge is 0.254 e.